The number of benzene rings is 2. The first-order valence-corrected chi connectivity index (χ1v) is 10.2. The lowest BCUT2D eigenvalue weighted by atomic mass is 9.68. The smallest absolute Gasteiger partial charge is 0.254 e. The second-order valence-corrected chi connectivity index (χ2v) is 8.63. The fourth-order valence-corrected chi connectivity index (χ4v) is 5.41. The third kappa shape index (κ3) is 3.14. The molecule has 136 valence electrons. The molecule has 2 aliphatic rings. The molecule has 1 saturated heterocycles. The van der Waals surface area contributed by atoms with E-state index >= 15 is 0 Å². The van der Waals surface area contributed by atoms with Crippen molar-refractivity contribution >= 4 is 29.1 Å². The maximum Gasteiger partial charge on any atom is 0.254 e. The van der Waals surface area contributed by atoms with Gasteiger partial charge in [-0.05, 0) is 43.0 Å². The molecule has 1 saturated carbocycles. The van der Waals surface area contributed by atoms with E-state index in [1.807, 2.05) is 53.4 Å². The summed E-state index contributed by atoms with van der Waals surface area (Å²) < 4.78 is 0. The number of fused-ring (bicyclic) bond motifs is 1. The van der Waals surface area contributed by atoms with Crippen molar-refractivity contribution in [1.29, 1.82) is 0 Å². The second kappa shape index (κ2) is 7.25. The van der Waals surface area contributed by atoms with E-state index in [0.717, 1.165) is 41.8 Å². The molecular weight excluding hydrogens is 365 g/mol. The van der Waals surface area contributed by atoms with Gasteiger partial charge in [0.1, 0.15) is 0 Å². The van der Waals surface area contributed by atoms with Gasteiger partial charge in [0.25, 0.3) is 5.91 Å². The van der Waals surface area contributed by atoms with Crippen molar-refractivity contribution in [2.24, 2.45) is 5.92 Å². The SMILES string of the molecule is O=C(c1ccccc1)N1CCC2(Cl)CCCCC2C1c1ccccc1Cl. The van der Waals surface area contributed by atoms with Crippen LogP contribution in [0.5, 0.6) is 0 Å². The maximum absolute atomic E-state index is 13.3. The van der Waals surface area contributed by atoms with E-state index in [1.54, 1.807) is 0 Å². The number of carbonyl (C=O) groups excluding carboxylic acids is 1. The summed E-state index contributed by atoms with van der Waals surface area (Å²) in [6.45, 7) is 0.670. The summed E-state index contributed by atoms with van der Waals surface area (Å²) in [5, 5.41) is 0.717. The molecule has 1 aliphatic heterocycles. The largest absolute Gasteiger partial charge is 0.331 e. The van der Waals surface area contributed by atoms with Gasteiger partial charge >= 0.3 is 0 Å². The van der Waals surface area contributed by atoms with Crippen LogP contribution in [0, 0.1) is 5.92 Å². The Morgan fingerprint density at radius 2 is 1.73 bits per heavy atom. The predicted molar refractivity (Wildman–Crippen MR) is 107 cm³/mol. The fourth-order valence-electron chi connectivity index (χ4n) is 4.72. The van der Waals surface area contributed by atoms with E-state index in [1.165, 1.54) is 6.42 Å². The van der Waals surface area contributed by atoms with Crippen molar-refractivity contribution < 1.29 is 4.79 Å². The van der Waals surface area contributed by atoms with Gasteiger partial charge in [0.2, 0.25) is 0 Å². The van der Waals surface area contributed by atoms with Crippen LogP contribution in [0.25, 0.3) is 0 Å². The van der Waals surface area contributed by atoms with Crippen LogP contribution in [0.4, 0.5) is 0 Å². The average molecular weight is 388 g/mol. The van der Waals surface area contributed by atoms with Crippen LogP contribution in [0.3, 0.4) is 0 Å². The Bertz CT molecular complexity index is 794. The first kappa shape index (κ1) is 17.9. The molecule has 2 aromatic rings. The minimum Gasteiger partial charge on any atom is -0.331 e. The van der Waals surface area contributed by atoms with E-state index in [-0.39, 0.29) is 22.7 Å². The summed E-state index contributed by atoms with van der Waals surface area (Å²) in [6, 6.07) is 17.4. The zero-order valence-electron chi connectivity index (χ0n) is 14.7. The Hall–Kier alpha value is -1.51. The minimum atomic E-state index is -0.227. The third-order valence-corrected chi connectivity index (χ3v) is 7.02. The van der Waals surface area contributed by atoms with Crippen molar-refractivity contribution in [3.8, 4) is 0 Å². The van der Waals surface area contributed by atoms with Crippen LogP contribution >= 0.6 is 23.2 Å². The molecule has 0 spiro atoms. The molecular formula is C22H23Cl2NO. The molecule has 0 aromatic heterocycles. The van der Waals surface area contributed by atoms with Crippen molar-refractivity contribution in [3.05, 3.63) is 70.7 Å². The molecule has 3 unspecified atom stereocenters. The summed E-state index contributed by atoms with van der Waals surface area (Å²) >= 11 is 13.7. The van der Waals surface area contributed by atoms with Gasteiger partial charge in [-0.1, -0.05) is 60.8 Å². The molecule has 4 rings (SSSR count). The van der Waals surface area contributed by atoms with Crippen molar-refractivity contribution in [3.63, 3.8) is 0 Å². The Morgan fingerprint density at radius 1 is 1.00 bits per heavy atom. The molecule has 1 aliphatic carbocycles. The molecule has 0 bridgehead atoms. The monoisotopic (exact) mass is 387 g/mol. The quantitative estimate of drug-likeness (QED) is 0.570. The number of likely N-dealkylation sites (tertiary alicyclic amines) is 1. The highest BCUT2D eigenvalue weighted by Crippen LogP contribution is 2.53. The molecule has 1 heterocycles. The van der Waals surface area contributed by atoms with Crippen molar-refractivity contribution in [2.75, 3.05) is 6.54 Å². The standard InChI is InChI=1S/C22H23Cl2NO/c23-19-12-5-4-10-17(19)20-18-11-6-7-13-22(18,24)14-15-25(20)21(26)16-8-2-1-3-9-16/h1-5,8-10,12,18,20H,6-7,11,13-15H2. The number of carbonyl (C=O) groups is 1. The molecule has 0 N–H and O–H groups in total. The number of hydrogen-bond donors (Lipinski definition) is 0. The van der Waals surface area contributed by atoms with E-state index in [2.05, 4.69) is 6.07 Å². The van der Waals surface area contributed by atoms with Gasteiger partial charge in [0.05, 0.1) is 10.9 Å². The topological polar surface area (TPSA) is 20.3 Å². The Labute approximate surface area is 165 Å². The molecule has 2 nitrogen and oxygen atoms in total. The summed E-state index contributed by atoms with van der Waals surface area (Å²) in [5.41, 5.74) is 1.75. The molecule has 0 radical (unpaired) electrons. The first-order valence-electron chi connectivity index (χ1n) is 9.39. The first-order chi connectivity index (χ1) is 12.6. The molecule has 2 aromatic carbocycles. The zero-order valence-corrected chi connectivity index (χ0v) is 16.2. The van der Waals surface area contributed by atoms with Gasteiger partial charge in [-0.3, -0.25) is 4.79 Å². The van der Waals surface area contributed by atoms with Crippen molar-refractivity contribution in [1.82, 2.24) is 4.90 Å². The van der Waals surface area contributed by atoms with Crippen LogP contribution in [0.15, 0.2) is 54.6 Å². The van der Waals surface area contributed by atoms with E-state index in [4.69, 9.17) is 23.2 Å². The predicted octanol–water partition coefficient (Wildman–Crippen LogP) is 6.10. The highest BCUT2D eigenvalue weighted by Gasteiger charge is 2.50. The van der Waals surface area contributed by atoms with E-state index < -0.39 is 0 Å². The highest BCUT2D eigenvalue weighted by atomic mass is 35.5. The fraction of sp³-hybridized carbons (Fsp3) is 0.409. The Kier molecular flexibility index (Phi) is 4.98. The summed E-state index contributed by atoms with van der Waals surface area (Å²) in [7, 11) is 0. The summed E-state index contributed by atoms with van der Waals surface area (Å²) in [6.07, 6.45) is 5.24. The molecule has 2 fully saturated rings. The average Bonchev–Trinajstić information content (AvgIpc) is 2.67. The number of alkyl halides is 1. The van der Waals surface area contributed by atoms with Gasteiger partial charge in [-0.15, -0.1) is 11.6 Å². The number of halogens is 2. The Balaban J connectivity index is 1.77. The number of piperidine rings is 1. The lowest BCUT2D eigenvalue weighted by Crippen LogP contribution is -2.53. The van der Waals surface area contributed by atoms with Gasteiger partial charge in [0.15, 0.2) is 0 Å². The van der Waals surface area contributed by atoms with E-state index in [9.17, 15) is 4.79 Å². The summed E-state index contributed by atoms with van der Waals surface area (Å²) in [4.78, 5) is 15.1. The van der Waals surface area contributed by atoms with Crippen LogP contribution < -0.4 is 0 Å². The number of hydrogen-bond acceptors (Lipinski definition) is 1. The third-order valence-electron chi connectivity index (χ3n) is 6.01. The van der Waals surface area contributed by atoms with Crippen LogP contribution in [-0.2, 0) is 0 Å². The van der Waals surface area contributed by atoms with Crippen LogP contribution in [0.1, 0.15) is 54.1 Å². The highest BCUT2D eigenvalue weighted by molar-refractivity contribution is 6.31. The van der Waals surface area contributed by atoms with Crippen molar-refractivity contribution in [2.45, 2.75) is 43.0 Å². The molecule has 26 heavy (non-hydrogen) atoms. The lowest BCUT2D eigenvalue weighted by molar-refractivity contribution is 0.0280. The molecule has 3 atom stereocenters. The van der Waals surface area contributed by atoms with Gasteiger partial charge in [-0.25, -0.2) is 0 Å². The van der Waals surface area contributed by atoms with Gasteiger partial charge < -0.3 is 4.90 Å². The summed E-state index contributed by atoms with van der Waals surface area (Å²) in [5.74, 6) is 0.305. The normalized spacial score (nSPS) is 28.5. The molecule has 1 amide bonds. The van der Waals surface area contributed by atoms with E-state index in [0.29, 0.717) is 6.54 Å². The minimum absolute atomic E-state index is 0.0667. The second-order valence-electron chi connectivity index (χ2n) is 7.47. The van der Waals surface area contributed by atoms with Gasteiger partial charge in [-0.2, -0.15) is 0 Å². The van der Waals surface area contributed by atoms with Crippen LogP contribution in [-0.4, -0.2) is 22.2 Å². The van der Waals surface area contributed by atoms with Gasteiger partial charge in [0, 0.05) is 23.0 Å². The number of nitrogens with zero attached hydrogens (tertiary/aromatic N) is 1. The number of rotatable bonds is 2. The molecule has 4 heteroatoms. The maximum atomic E-state index is 13.3. The lowest BCUT2D eigenvalue weighted by Gasteiger charge is -2.52. The zero-order chi connectivity index (χ0) is 18.1. The Morgan fingerprint density at radius 3 is 2.50 bits per heavy atom. The van der Waals surface area contributed by atoms with Crippen LogP contribution in [0.2, 0.25) is 5.02 Å². The number of amides is 1.